The average Bonchev–Trinajstić information content (AvgIpc) is 3.46. The Hall–Kier alpha value is -3.05. The minimum atomic E-state index is -4.96. The molecule has 172 valence electrons. The fourth-order valence-corrected chi connectivity index (χ4v) is 4.89. The summed E-state index contributed by atoms with van der Waals surface area (Å²) in [5.74, 6) is 2.85. The number of nitrogens with zero attached hydrogens (tertiary/aromatic N) is 1. The molecular weight excluding hydrogens is 438 g/mol. The van der Waals surface area contributed by atoms with Crippen LogP contribution in [0.15, 0.2) is 36.4 Å². The van der Waals surface area contributed by atoms with Crippen LogP contribution in [-0.2, 0) is 16.8 Å². The maximum atomic E-state index is 13.9. The van der Waals surface area contributed by atoms with E-state index in [9.17, 15) is 22.4 Å². The standard InChI is InChI=1S/C25H21F4NO3/c26-21-10-16(4-6-22(21)33-25(27,28)29)2-1-15-3-5-17-13-30(19-11-18(12-19)23(31)32)14-24(7-8-24)20(17)9-15/h3-6,9-10,18-19H,7-8,11-14H2,(H,31,32). The van der Waals surface area contributed by atoms with Gasteiger partial charge in [-0.25, -0.2) is 4.39 Å². The van der Waals surface area contributed by atoms with Gasteiger partial charge in [-0.05, 0) is 67.1 Å². The van der Waals surface area contributed by atoms with Crippen molar-refractivity contribution in [3.63, 3.8) is 0 Å². The summed E-state index contributed by atoms with van der Waals surface area (Å²) in [6.45, 7) is 1.70. The highest BCUT2D eigenvalue weighted by Gasteiger charge is 2.51. The molecule has 0 amide bonds. The second-order valence-electron chi connectivity index (χ2n) is 9.16. The Bertz CT molecular complexity index is 1170. The Morgan fingerprint density at radius 2 is 1.76 bits per heavy atom. The summed E-state index contributed by atoms with van der Waals surface area (Å²) in [6, 6.07) is 9.45. The lowest BCUT2D eigenvalue weighted by molar-refractivity contribution is -0.275. The predicted molar refractivity (Wildman–Crippen MR) is 111 cm³/mol. The van der Waals surface area contributed by atoms with Crippen LogP contribution in [0.25, 0.3) is 0 Å². The molecule has 0 aromatic heterocycles. The number of carbonyl (C=O) groups is 1. The fraction of sp³-hybridized carbons (Fsp3) is 0.400. The van der Waals surface area contributed by atoms with Crippen molar-refractivity contribution in [2.24, 2.45) is 5.92 Å². The third-order valence-corrected chi connectivity index (χ3v) is 6.90. The summed E-state index contributed by atoms with van der Waals surface area (Å²) >= 11 is 0. The molecule has 2 aliphatic carbocycles. The molecule has 5 rings (SSSR count). The van der Waals surface area contributed by atoms with E-state index in [-0.39, 0.29) is 16.9 Å². The highest BCUT2D eigenvalue weighted by molar-refractivity contribution is 5.71. The van der Waals surface area contributed by atoms with E-state index in [4.69, 9.17) is 5.11 Å². The zero-order valence-electron chi connectivity index (χ0n) is 17.6. The van der Waals surface area contributed by atoms with Crippen LogP contribution in [0.3, 0.4) is 0 Å². The van der Waals surface area contributed by atoms with Crippen molar-refractivity contribution in [3.05, 3.63) is 64.5 Å². The van der Waals surface area contributed by atoms with Gasteiger partial charge < -0.3 is 9.84 Å². The number of benzene rings is 2. The second kappa shape index (κ2) is 7.77. The number of carboxylic acids is 1. The summed E-state index contributed by atoms with van der Waals surface area (Å²) < 4.78 is 54.4. The van der Waals surface area contributed by atoms with E-state index >= 15 is 0 Å². The Morgan fingerprint density at radius 3 is 2.36 bits per heavy atom. The van der Waals surface area contributed by atoms with Gasteiger partial charge in [-0.3, -0.25) is 9.69 Å². The van der Waals surface area contributed by atoms with E-state index in [1.165, 1.54) is 17.2 Å². The van der Waals surface area contributed by atoms with E-state index in [2.05, 4.69) is 27.5 Å². The van der Waals surface area contributed by atoms with Crippen LogP contribution in [-0.4, -0.2) is 34.9 Å². The molecule has 2 saturated carbocycles. The van der Waals surface area contributed by atoms with Crippen molar-refractivity contribution < 1.29 is 32.2 Å². The molecule has 2 aromatic rings. The van der Waals surface area contributed by atoms with Crippen molar-refractivity contribution in [2.45, 2.75) is 50.0 Å². The van der Waals surface area contributed by atoms with Gasteiger partial charge in [-0.2, -0.15) is 0 Å². The highest BCUT2D eigenvalue weighted by atomic mass is 19.4. The number of fused-ring (bicyclic) bond motifs is 2. The third-order valence-electron chi connectivity index (χ3n) is 6.90. The lowest BCUT2D eigenvalue weighted by atomic mass is 9.76. The molecule has 3 aliphatic rings. The van der Waals surface area contributed by atoms with E-state index in [0.717, 1.165) is 43.6 Å². The first-order chi connectivity index (χ1) is 15.6. The van der Waals surface area contributed by atoms with E-state index in [1.807, 2.05) is 12.1 Å². The van der Waals surface area contributed by atoms with E-state index in [0.29, 0.717) is 18.9 Å². The van der Waals surface area contributed by atoms with Crippen molar-refractivity contribution in [1.82, 2.24) is 4.90 Å². The van der Waals surface area contributed by atoms with Crippen molar-refractivity contribution in [3.8, 4) is 17.6 Å². The van der Waals surface area contributed by atoms with Gasteiger partial charge in [-0.15, -0.1) is 13.2 Å². The van der Waals surface area contributed by atoms with Crippen LogP contribution >= 0.6 is 0 Å². The highest BCUT2D eigenvalue weighted by Crippen LogP contribution is 2.54. The van der Waals surface area contributed by atoms with Crippen LogP contribution in [0, 0.1) is 23.6 Å². The number of carboxylic acid groups (broad SMARTS) is 1. The first-order valence-corrected chi connectivity index (χ1v) is 10.8. The molecule has 1 N–H and O–H groups in total. The molecule has 2 fully saturated rings. The largest absolute Gasteiger partial charge is 0.573 e. The normalized spacial score (nSPS) is 23.2. The molecule has 2 aromatic carbocycles. The van der Waals surface area contributed by atoms with Gasteiger partial charge in [0.15, 0.2) is 11.6 Å². The van der Waals surface area contributed by atoms with Crippen LogP contribution < -0.4 is 4.74 Å². The monoisotopic (exact) mass is 459 g/mol. The summed E-state index contributed by atoms with van der Waals surface area (Å²) in [6.07, 6.45) is -1.40. The molecule has 0 bridgehead atoms. The molecule has 1 spiro atoms. The van der Waals surface area contributed by atoms with Gasteiger partial charge in [0.05, 0.1) is 5.92 Å². The van der Waals surface area contributed by atoms with Crippen molar-refractivity contribution in [1.29, 1.82) is 0 Å². The predicted octanol–water partition coefficient (Wildman–Crippen LogP) is 4.83. The summed E-state index contributed by atoms with van der Waals surface area (Å²) in [7, 11) is 0. The smallest absolute Gasteiger partial charge is 0.481 e. The Morgan fingerprint density at radius 1 is 1.09 bits per heavy atom. The third kappa shape index (κ3) is 4.42. The number of rotatable bonds is 3. The first kappa shape index (κ1) is 21.8. The van der Waals surface area contributed by atoms with Crippen molar-refractivity contribution >= 4 is 5.97 Å². The minimum absolute atomic E-state index is 0.0856. The lowest BCUT2D eigenvalue weighted by Gasteiger charge is -2.46. The average molecular weight is 459 g/mol. The summed E-state index contributed by atoms with van der Waals surface area (Å²) in [5, 5.41) is 9.16. The molecule has 0 atom stereocenters. The van der Waals surface area contributed by atoms with E-state index in [1.54, 1.807) is 0 Å². The molecule has 0 unspecified atom stereocenters. The summed E-state index contributed by atoms with van der Waals surface area (Å²) in [5.41, 5.74) is 3.59. The van der Waals surface area contributed by atoms with Gasteiger partial charge >= 0.3 is 12.3 Å². The summed E-state index contributed by atoms with van der Waals surface area (Å²) in [4.78, 5) is 13.5. The first-order valence-electron chi connectivity index (χ1n) is 10.8. The number of alkyl halides is 3. The maximum absolute atomic E-state index is 13.9. The van der Waals surface area contributed by atoms with Gasteiger partial charge in [0.2, 0.25) is 0 Å². The topological polar surface area (TPSA) is 49.8 Å². The molecule has 1 aliphatic heterocycles. The van der Waals surface area contributed by atoms with Gasteiger partial charge in [0.1, 0.15) is 0 Å². The molecule has 0 radical (unpaired) electrons. The Labute approximate surface area is 188 Å². The maximum Gasteiger partial charge on any atom is 0.573 e. The quantitative estimate of drug-likeness (QED) is 0.528. The zero-order valence-corrected chi connectivity index (χ0v) is 17.6. The molecule has 1 heterocycles. The van der Waals surface area contributed by atoms with Crippen LogP contribution in [0.2, 0.25) is 0 Å². The number of hydrogen-bond donors (Lipinski definition) is 1. The van der Waals surface area contributed by atoms with Crippen molar-refractivity contribution in [2.75, 3.05) is 6.54 Å². The van der Waals surface area contributed by atoms with Crippen LogP contribution in [0.4, 0.5) is 17.6 Å². The minimum Gasteiger partial charge on any atom is -0.481 e. The van der Waals surface area contributed by atoms with Crippen LogP contribution in [0.1, 0.15) is 47.9 Å². The van der Waals surface area contributed by atoms with Crippen LogP contribution in [0.5, 0.6) is 5.75 Å². The Balaban J connectivity index is 1.32. The van der Waals surface area contributed by atoms with E-state index < -0.39 is 23.9 Å². The Kier molecular flexibility index (Phi) is 5.13. The fourth-order valence-electron chi connectivity index (χ4n) is 4.89. The molecule has 8 heteroatoms. The molecule has 0 saturated heterocycles. The number of aliphatic carboxylic acids is 1. The zero-order chi connectivity index (χ0) is 23.4. The molecular formula is C25H21F4NO3. The second-order valence-corrected chi connectivity index (χ2v) is 9.16. The molecule has 33 heavy (non-hydrogen) atoms. The number of ether oxygens (including phenoxy) is 1. The number of halogens is 4. The van der Waals surface area contributed by atoms with Gasteiger partial charge in [-0.1, -0.05) is 17.9 Å². The lowest BCUT2D eigenvalue weighted by Crippen LogP contribution is -2.51. The number of hydrogen-bond acceptors (Lipinski definition) is 3. The van der Waals surface area contributed by atoms with Gasteiger partial charge in [0.25, 0.3) is 0 Å². The SMILES string of the molecule is O=C(O)C1CC(N2Cc3ccc(C#Cc4ccc(OC(F)(F)F)c(F)c4)cc3C3(CC3)C2)C1. The molecule has 4 nitrogen and oxygen atoms in total. The van der Waals surface area contributed by atoms with Gasteiger partial charge in [0, 0.05) is 35.7 Å².